The highest BCUT2D eigenvalue weighted by molar-refractivity contribution is 6.33. The molecule has 0 aliphatic rings. The molecule has 1 heterocycles. The second kappa shape index (κ2) is 5.32. The molecule has 0 aliphatic carbocycles. The standard InChI is InChI=1S/C12H9ClN2O2/c13-10-7-4-8-14-11(10)15-12(16)17-9-5-2-1-3-6-9/h1-8H,(H,14,15,16). The van der Waals surface area contributed by atoms with Crippen molar-refractivity contribution in [3.05, 3.63) is 53.7 Å². The molecule has 5 heteroatoms. The molecule has 1 aromatic carbocycles. The van der Waals surface area contributed by atoms with Crippen LogP contribution in [0.4, 0.5) is 10.6 Å². The van der Waals surface area contributed by atoms with Crippen molar-refractivity contribution < 1.29 is 9.53 Å². The van der Waals surface area contributed by atoms with Crippen LogP contribution < -0.4 is 10.1 Å². The second-order valence-electron chi connectivity index (χ2n) is 3.16. The molecule has 1 aromatic heterocycles. The number of carbonyl (C=O) groups is 1. The number of benzene rings is 1. The quantitative estimate of drug-likeness (QED) is 0.887. The van der Waals surface area contributed by atoms with E-state index in [9.17, 15) is 4.79 Å². The van der Waals surface area contributed by atoms with Crippen LogP contribution in [-0.2, 0) is 0 Å². The van der Waals surface area contributed by atoms with E-state index in [1.165, 1.54) is 6.20 Å². The van der Waals surface area contributed by atoms with Gasteiger partial charge in [0, 0.05) is 6.20 Å². The van der Waals surface area contributed by atoms with Crippen molar-refractivity contribution in [1.29, 1.82) is 0 Å². The van der Waals surface area contributed by atoms with Crippen molar-refractivity contribution in [3.63, 3.8) is 0 Å². The van der Waals surface area contributed by atoms with Gasteiger partial charge in [-0.25, -0.2) is 9.78 Å². The molecule has 2 aromatic rings. The highest BCUT2D eigenvalue weighted by atomic mass is 35.5. The highest BCUT2D eigenvalue weighted by Gasteiger charge is 2.07. The number of aromatic nitrogens is 1. The third kappa shape index (κ3) is 3.19. The van der Waals surface area contributed by atoms with Crippen LogP contribution in [0.3, 0.4) is 0 Å². The topological polar surface area (TPSA) is 51.2 Å². The summed E-state index contributed by atoms with van der Waals surface area (Å²) in [5.41, 5.74) is 0. The zero-order valence-corrected chi connectivity index (χ0v) is 9.52. The molecule has 0 unspecified atom stereocenters. The summed E-state index contributed by atoms with van der Waals surface area (Å²) in [5.74, 6) is 0.729. The second-order valence-corrected chi connectivity index (χ2v) is 3.57. The average Bonchev–Trinajstić information content (AvgIpc) is 2.33. The first kappa shape index (κ1) is 11.4. The van der Waals surface area contributed by atoms with Crippen molar-refractivity contribution in [2.45, 2.75) is 0 Å². The minimum atomic E-state index is -0.628. The summed E-state index contributed by atoms with van der Waals surface area (Å²) in [5, 5.41) is 2.81. The van der Waals surface area contributed by atoms with Crippen molar-refractivity contribution >= 4 is 23.5 Å². The fraction of sp³-hybridized carbons (Fsp3) is 0. The number of amides is 1. The molecule has 0 spiro atoms. The molecule has 0 fully saturated rings. The summed E-state index contributed by atoms with van der Waals surface area (Å²) in [6.45, 7) is 0. The number of nitrogens with zero attached hydrogens (tertiary/aromatic N) is 1. The first-order valence-electron chi connectivity index (χ1n) is 4.90. The molecule has 4 nitrogen and oxygen atoms in total. The van der Waals surface area contributed by atoms with E-state index in [4.69, 9.17) is 16.3 Å². The Bertz CT molecular complexity index is 517. The number of nitrogens with one attached hydrogen (secondary N) is 1. The molecule has 0 radical (unpaired) electrons. The first-order chi connectivity index (χ1) is 8.25. The molecule has 17 heavy (non-hydrogen) atoms. The van der Waals surface area contributed by atoms with Gasteiger partial charge in [0.05, 0.1) is 5.02 Å². The van der Waals surface area contributed by atoms with Crippen LogP contribution in [0.2, 0.25) is 5.02 Å². The van der Waals surface area contributed by atoms with E-state index in [2.05, 4.69) is 10.3 Å². The van der Waals surface area contributed by atoms with Crippen molar-refractivity contribution in [1.82, 2.24) is 4.98 Å². The highest BCUT2D eigenvalue weighted by Crippen LogP contribution is 2.18. The fourth-order valence-electron chi connectivity index (χ4n) is 1.20. The molecule has 1 amide bonds. The van der Waals surface area contributed by atoms with Crippen LogP contribution in [0.25, 0.3) is 0 Å². The SMILES string of the molecule is O=C(Nc1ncccc1Cl)Oc1ccccc1. The van der Waals surface area contributed by atoms with E-state index in [1.54, 1.807) is 36.4 Å². The molecule has 86 valence electrons. The van der Waals surface area contributed by atoms with Crippen LogP contribution in [0.1, 0.15) is 0 Å². The minimum absolute atomic E-state index is 0.273. The Kier molecular flexibility index (Phi) is 3.57. The lowest BCUT2D eigenvalue weighted by molar-refractivity contribution is 0.215. The minimum Gasteiger partial charge on any atom is -0.410 e. The van der Waals surface area contributed by atoms with E-state index in [0.717, 1.165) is 0 Å². The number of hydrogen-bond donors (Lipinski definition) is 1. The van der Waals surface area contributed by atoms with Gasteiger partial charge in [-0.1, -0.05) is 29.8 Å². The smallest absolute Gasteiger partial charge is 0.410 e. The van der Waals surface area contributed by atoms with Crippen LogP contribution >= 0.6 is 11.6 Å². The predicted octanol–water partition coefficient (Wildman–Crippen LogP) is 3.35. The molecular formula is C12H9ClN2O2. The molecule has 2 rings (SSSR count). The maximum atomic E-state index is 11.5. The Morgan fingerprint density at radius 3 is 2.65 bits per heavy atom. The predicted molar refractivity (Wildman–Crippen MR) is 65.3 cm³/mol. The molecule has 0 aliphatic heterocycles. The van der Waals surface area contributed by atoms with Gasteiger partial charge in [0.25, 0.3) is 0 Å². The van der Waals surface area contributed by atoms with Gasteiger partial charge in [0.2, 0.25) is 0 Å². The number of carbonyl (C=O) groups excluding carboxylic acids is 1. The van der Waals surface area contributed by atoms with Crippen LogP contribution in [0.15, 0.2) is 48.7 Å². The van der Waals surface area contributed by atoms with E-state index in [1.807, 2.05) is 6.07 Å². The Morgan fingerprint density at radius 1 is 1.18 bits per heavy atom. The molecule has 0 atom stereocenters. The van der Waals surface area contributed by atoms with E-state index >= 15 is 0 Å². The van der Waals surface area contributed by atoms with Gasteiger partial charge in [0.1, 0.15) is 5.75 Å². The van der Waals surface area contributed by atoms with Gasteiger partial charge in [0.15, 0.2) is 5.82 Å². The molecule has 0 saturated carbocycles. The Hall–Kier alpha value is -2.07. The van der Waals surface area contributed by atoms with Crippen molar-refractivity contribution in [2.75, 3.05) is 5.32 Å². The number of rotatable bonds is 2. The van der Waals surface area contributed by atoms with Gasteiger partial charge in [-0.2, -0.15) is 0 Å². The molecule has 0 saturated heterocycles. The fourth-order valence-corrected chi connectivity index (χ4v) is 1.36. The van der Waals surface area contributed by atoms with E-state index in [-0.39, 0.29) is 5.82 Å². The van der Waals surface area contributed by atoms with Gasteiger partial charge in [-0.3, -0.25) is 5.32 Å². The van der Waals surface area contributed by atoms with Gasteiger partial charge in [-0.05, 0) is 24.3 Å². The number of ether oxygens (including phenoxy) is 1. The number of para-hydroxylation sites is 1. The molecular weight excluding hydrogens is 240 g/mol. The normalized spacial score (nSPS) is 9.71. The average molecular weight is 249 g/mol. The lowest BCUT2D eigenvalue weighted by Gasteiger charge is -2.06. The number of anilines is 1. The van der Waals surface area contributed by atoms with E-state index < -0.39 is 6.09 Å². The Balaban J connectivity index is 2.01. The Morgan fingerprint density at radius 2 is 1.94 bits per heavy atom. The summed E-state index contributed by atoms with van der Waals surface area (Å²) in [6.07, 6.45) is 0.904. The van der Waals surface area contributed by atoms with E-state index in [0.29, 0.717) is 10.8 Å². The Labute approximate surface area is 103 Å². The third-order valence-electron chi connectivity index (χ3n) is 1.93. The lowest BCUT2D eigenvalue weighted by Crippen LogP contribution is -2.17. The number of halogens is 1. The molecule has 1 N–H and O–H groups in total. The largest absolute Gasteiger partial charge is 0.418 e. The van der Waals surface area contributed by atoms with Crippen LogP contribution in [-0.4, -0.2) is 11.1 Å². The summed E-state index contributed by atoms with van der Waals surface area (Å²) in [6, 6.07) is 12.1. The van der Waals surface area contributed by atoms with Gasteiger partial charge in [-0.15, -0.1) is 0 Å². The summed E-state index contributed by atoms with van der Waals surface area (Å²) in [4.78, 5) is 15.4. The zero-order chi connectivity index (χ0) is 12.1. The van der Waals surface area contributed by atoms with Crippen molar-refractivity contribution in [2.24, 2.45) is 0 Å². The summed E-state index contributed by atoms with van der Waals surface area (Å²) >= 11 is 5.84. The summed E-state index contributed by atoms with van der Waals surface area (Å²) in [7, 11) is 0. The maximum absolute atomic E-state index is 11.5. The number of hydrogen-bond acceptors (Lipinski definition) is 3. The monoisotopic (exact) mass is 248 g/mol. The first-order valence-corrected chi connectivity index (χ1v) is 5.28. The third-order valence-corrected chi connectivity index (χ3v) is 2.24. The summed E-state index contributed by atoms with van der Waals surface area (Å²) < 4.78 is 5.02. The van der Waals surface area contributed by atoms with Crippen molar-refractivity contribution in [3.8, 4) is 5.75 Å². The maximum Gasteiger partial charge on any atom is 0.418 e. The van der Waals surface area contributed by atoms with Crippen LogP contribution in [0.5, 0.6) is 5.75 Å². The van der Waals surface area contributed by atoms with Gasteiger partial charge >= 0.3 is 6.09 Å². The zero-order valence-electron chi connectivity index (χ0n) is 8.76. The lowest BCUT2D eigenvalue weighted by atomic mass is 10.3. The molecule has 0 bridgehead atoms. The van der Waals surface area contributed by atoms with Gasteiger partial charge < -0.3 is 4.74 Å². The number of pyridine rings is 1. The van der Waals surface area contributed by atoms with Crippen LogP contribution in [0, 0.1) is 0 Å².